The number of halogens is 2. The van der Waals surface area contributed by atoms with Crippen molar-refractivity contribution < 1.29 is 4.74 Å². The minimum Gasteiger partial charge on any atom is -0.436 e. The van der Waals surface area contributed by atoms with Crippen molar-refractivity contribution in [1.82, 2.24) is 9.97 Å². The Kier molecular flexibility index (Phi) is 3.59. The number of benzene rings is 1. The van der Waals surface area contributed by atoms with E-state index >= 15 is 0 Å². The zero-order valence-electron chi connectivity index (χ0n) is 10.6. The molecule has 0 saturated heterocycles. The molecule has 0 saturated carbocycles. The van der Waals surface area contributed by atoms with Gasteiger partial charge in [0.1, 0.15) is 5.52 Å². The normalized spacial score (nSPS) is 10.8. The summed E-state index contributed by atoms with van der Waals surface area (Å²) in [7, 11) is 0. The maximum atomic E-state index is 6.17. The van der Waals surface area contributed by atoms with Gasteiger partial charge < -0.3 is 4.74 Å². The number of ether oxygens (including phenoxy) is 1. The first-order valence-corrected chi connectivity index (χ1v) is 7.16. The van der Waals surface area contributed by atoms with Crippen molar-refractivity contribution in [2.75, 3.05) is 0 Å². The van der Waals surface area contributed by atoms with E-state index in [1.165, 1.54) is 0 Å². The number of pyridine rings is 2. The monoisotopic (exact) mass is 348 g/mol. The predicted molar refractivity (Wildman–Crippen MR) is 83.5 cm³/mol. The average molecular weight is 350 g/mol. The Morgan fingerprint density at radius 1 is 1.10 bits per heavy atom. The molecule has 2 heterocycles. The van der Waals surface area contributed by atoms with Gasteiger partial charge in [-0.25, -0.2) is 4.98 Å². The van der Waals surface area contributed by atoms with Crippen LogP contribution in [-0.4, -0.2) is 9.97 Å². The van der Waals surface area contributed by atoms with Crippen molar-refractivity contribution in [3.63, 3.8) is 0 Å². The van der Waals surface area contributed by atoms with E-state index in [1.807, 2.05) is 25.1 Å². The fraction of sp³-hybridized carbons (Fsp3) is 0.0667. The molecule has 0 N–H and O–H groups in total. The second kappa shape index (κ2) is 5.38. The van der Waals surface area contributed by atoms with E-state index in [4.69, 9.17) is 16.3 Å². The fourth-order valence-corrected chi connectivity index (χ4v) is 2.42. The van der Waals surface area contributed by atoms with Crippen LogP contribution in [0.25, 0.3) is 10.9 Å². The highest BCUT2D eigenvalue weighted by Crippen LogP contribution is 2.35. The summed E-state index contributed by atoms with van der Waals surface area (Å²) in [6.45, 7) is 1.98. The Labute approximate surface area is 129 Å². The molecule has 20 heavy (non-hydrogen) atoms. The molecule has 0 radical (unpaired) electrons. The zero-order chi connectivity index (χ0) is 14.1. The number of hydrogen-bond donors (Lipinski definition) is 0. The molecule has 100 valence electrons. The highest BCUT2D eigenvalue weighted by molar-refractivity contribution is 9.10. The molecule has 0 amide bonds. The number of fused-ring (bicyclic) bond motifs is 1. The van der Waals surface area contributed by atoms with Gasteiger partial charge in [0, 0.05) is 17.8 Å². The summed E-state index contributed by atoms with van der Waals surface area (Å²) >= 11 is 9.65. The average Bonchev–Trinajstić information content (AvgIpc) is 2.47. The molecule has 0 spiro atoms. The maximum absolute atomic E-state index is 6.17. The van der Waals surface area contributed by atoms with Gasteiger partial charge in [-0.3, -0.25) is 4.98 Å². The number of nitrogens with zero attached hydrogens (tertiary/aromatic N) is 2. The zero-order valence-corrected chi connectivity index (χ0v) is 12.9. The molecule has 3 nitrogen and oxygen atoms in total. The summed E-state index contributed by atoms with van der Waals surface area (Å²) in [5, 5.41) is 1.51. The molecular formula is C15H10BrClN2O. The molecule has 0 aliphatic carbocycles. The molecule has 3 rings (SSSR count). The predicted octanol–water partition coefficient (Wildman–Crippen LogP) is 5.15. The van der Waals surface area contributed by atoms with Crippen LogP contribution in [0.15, 0.2) is 47.2 Å². The molecule has 0 bridgehead atoms. The Hall–Kier alpha value is -1.65. The van der Waals surface area contributed by atoms with Crippen LogP contribution in [0.2, 0.25) is 5.02 Å². The lowest BCUT2D eigenvalue weighted by Crippen LogP contribution is -1.93. The first-order chi connectivity index (χ1) is 9.66. The molecule has 0 aliphatic heterocycles. The molecule has 0 aliphatic rings. The maximum Gasteiger partial charge on any atom is 0.233 e. The third-order valence-electron chi connectivity index (χ3n) is 2.94. The lowest BCUT2D eigenvalue weighted by Gasteiger charge is -2.10. The molecule has 5 heteroatoms. The summed E-state index contributed by atoms with van der Waals surface area (Å²) < 4.78 is 6.71. The standard InChI is InChI=1S/C15H10BrClN2O/c1-9-6-8-19-15(13(9)16)20-12-5-4-11(17)10-3-2-7-18-14(10)12/h2-8H,1H3. The molecular weight excluding hydrogens is 340 g/mol. The molecule has 0 fully saturated rings. The Morgan fingerprint density at radius 2 is 1.95 bits per heavy atom. The van der Waals surface area contributed by atoms with E-state index in [9.17, 15) is 0 Å². The van der Waals surface area contributed by atoms with E-state index in [-0.39, 0.29) is 0 Å². The van der Waals surface area contributed by atoms with Gasteiger partial charge in [-0.05, 0) is 58.7 Å². The summed E-state index contributed by atoms with van der Waals surface area (Å²) in [5.74, 6) is 1.14. The Bertz CT molecular complexity index is 792. The molecule has 0 atom stereocenters. The Morgan fingerprint density at radius 3 is 2.80 bits per heavy atom. The third-order valence-corrected chi connectivity index (χ3v) is 4.23. The van der Waals surface area contributed by atoms with Crippen LogP contribution in [0.3, 0.4) is 0 Å². The first kappa shape index (κ1) is 13.3. The van der Waals surface area contributed by atoms with Crippen molar-refractivity contribution in [3.8, 4) is 11.6 Å². The van der Waals surface area contributed by atoms with Crippen LogP contribution in [0.1, 0.15) is 5.56 Å². The molecule has 1 aromatic carbocycles. The second-order valence-corrected chi connectivity index (χ2v) is 5.49. The number of hydrogen-bond acceptors (Lipinski definition) is 3. The number of rotatable bonds is 2. The van der Waals surface area contributed by atoms with Gasteiger partial charge in [-0.1, -0.05) is 11.6 Å². The largest absolute Gasteiger partial charge is 0.436 e. The van der Waals surface area contributed by atoms with Crippen LogP contribution in [-0.2, 0) is 0 Å². The van der Waals surface area contributed by atoms with E-state index in [2.05, 4.69) is 25.9 Å². The van der Waals surface area contributed by atoms with E-state index in [0.29, 0.717) is 16.7 Å². The van der Waals surface area contributed by atoms with Gasteiger partial charge >= 0.3 is 0 Å². The SMILES string of the molecule is Cc1ccnc(Oc2ccc(Cl)c3cccnc23)c1Br. The van der Waals surface area contributed by atoms with Gasteiger partial charge in [0.25, 0.3) is 0 Å². The molecule has 2 aromatic heterocycles. The highest BCUT2D eigenvalue weighted by atomic mass is 79.9. The van der Waals surface area contributed by atoms with Crippen molar-refractivity contribution in [2.24, 2.45) is 0 Å². The van der Waals surface area contributed by atoms with Crippen LogP contribution >= 0.6 is 27.5 Å². The van der Waals surface area contributed by atoms with Crippen molar-refractivity contribution >= 4 is 38.4 Å². The summed E-state index contributed by atoms with van der Waals surface area (Å²) in [6, 6.07) is 9.27. The van der Waals surface area contributed by atoms with Crippen molar-refractivity contribution in [2.45, 2.75) is 6.92 Å². The summed E-state index contributed by atoms with van der Waals surface area (Å²) in [6.07, 6.45) is 3.42. The van der Waals surface area contributed by atoms with Crippen LogP contribution in [0, 0.1) is 6.92 Å². The fourth-order valence-electron chi connectivity index (χ4n) is 1.88. The van der Waals surface area contributed by atoms with Crippen LogP contribution in [0.4, 0.5) is 0 Å². The van der Waals surface area contributed by atoms with Crippen LogP contribution < -0.4 is 4.74 Å². The minimum atomic E-state index is 0.513. The highest BCUT2D eigenvalue weighted by Gasteiger charge is 2.11. The topological polar surface area (TPSA) is 35.0 Å². The number of aryl methyl sites for hydroxylation is 1. The third kappa shape index (κ3) is 2.37. The minimum absolute atomic E-state index is 0.513. The van der Waals surface area contributed by atoms with Crippen molar-refractivity contribution in [1.29, 1.82) is 0 Å². The Balaban J connectivity index is 2.12. The smallest absolute Gasteiger partial charge is 0.233 e. The van der Waals surface area contributed by atoms with Crippen molar-refractivity contribution in [3.05, 3.63) is 57.8 Å². The van der Waals surface area contributed by atoms with Gasteiger partial charge in [0.05, 0.1) is 9.50 Å². The first-order valence-electron chi connectivity index (χ1n) is 5.99. The number of aromatic nitrogens is 2. The van der Waals surface area contributed by atoms with E-state index in [0.717, 1.165) is 20.9 Å². The lowest BCUT2D eigenvalue weighted by atomic mass is 10.2. The van der Waals surface area contributed by atoms with E-state index < -0.39 is 0 Å². The lowest BCUT2D eigenvalue weighted by molar-refractivity contribution is 0.463. The van der Waals surface area contributed by atoms with Gasteiger partial charge in [0.15, 0.2) is 5.75 Å². The van der Waals surface area contributed by atoms with E-state index in [1.54, 1.807) is 24.5 Å². The summed E-state index contributed by atoms with van der Waals surface area (Å²) in [4.78, 5) is 8.57. The second-order valence-electron chi connectivity index (χ2n) is 4.29. The molecule has 0 unspecified atom stereocenters. The van der Waals surface area contributed by atoms with Gasteiger partial charge in [-0.2, -0.15) is 0 Å². The molecule has 3 aromatic rings. The summed E-state index contributed by atoms with van der Waals surface area (Å²) in [5.41, 5.74) is 1.77. The van der Waals surface area contributed by atoms with Crippen LogP contribution in [0.5, 0.6) is 11.6 Å². The quantitative estimate of drug-likeness (QED) is 0.642. The van der Waals surface area contributed by atoms with Gasteiger partial charge in [-0.15, -0.1) is 0 Å². The van der Waals surface area contributed by atoms with Gasteiger partial charge in [0.2, 0.25) is 5.88 Å².